The van der Waals surface area contributed by atoms with E-state index in [-0.39, 0.29) is 5.97 Å². The van der Waals surface area contributed by atoms with Crippen LogP contribution in [0.3, 0.4) is 0 Å². The second-order valence-electron chi connectivity index (χ2n) is 4.67. The van der Waals surface area contributed by atoms with E-state index in [9.17, 15) is 4.79 Å². The molecule has 108 valence electrons. The number of fused-ring (bicyclic) bond motifs is 1. The Bertz CT molecular complexity index is 578. The van der Waals surface area contributed by atoms with Gasteiger partial charge in [0.1, 0.15) is 0 Å². The van der Waals surface area contributed by atoms with Crippen LogP contribution in [0.4, 0.5) is 0 Å². The van der Waals surface area contributed by atoms with Gasteiger partial charge in [0.25, 0.3) is 0 Å². The highest BCUT2D eigenvalue weighted by molar-refractivity contribution is 5.81. The van der Waals surface area contributed by atoms with Crippen molar-refractivity contribution in [3.05, 3.63) is 30.0 Å². The quantitative estimate of drug-likeness (QED) is 0.620. The molecular formula is C15H21N3O2. The molecule has 2 rings (SSSR count). The topological polar surface area (TPSA) is 56.1 Å². The molecule has 0 fully saturated rings. The number of para-hydroxylation sites is 1. The smallest absolute Gasteiger partial charge is 0.305 e. The van der Waals surface area contributed by atoms with E-state index in [2.05, 4.69) is 22.5 Å². The first-order valence-electron chi connectivity index (χ1n) is 6.99. The van der Waals surface area contributed by atoms with Gasteiger partial charge in [0, 0.05) is 25.4 Å². The molecule has 1 aromatic heterocycles. The van der Waals surface area contributed by atoms with Crippen LogP contribution >= 0.6 is 0 Å². The van der Waals surface area contributed by atoms with E-state index in [1.165, 1.54) is 5.39 Å². The van der Waals surface area contributed by atoms with Crippen molar-refractivity contribution < 1.29 is 9.53 Å². The van der Waals surface area contributed by atoms with Crippen molar-refractivity contribution in [1.29, 1.82) is 0 Å². The molecule has 0 atom stereocenters. The predicted octanol–water partition coefficient (Wildman–Crippen LogP) is 2.01. The minimum atomic E-state index is -0.127. The van der Waals surface area contributed by atoms with Gasteiger partial charge in [-0.25, -0.2) is 0 Å². The monoisotopic (exact) mass is 275 g/mol. The van der Waals surface area contributed by atoms with Crippen molar-refractivity contribution in [1.82, 2.24) is 15.1 Å². The molecule has 5 heteroatoms. The van der Waals surface area contributed by atoms with Crippen LogP contribution in [0.1, 0.15) is 25.5 Å². The van der Waals surface area contributed by atoms with Crippen LogP contribution in [0.25, 0.3) is 10.9 Å². The molecule has 0 radical (unpaired) electrons. The van der Waals surface area contributed by atoms with E-state index < -0.39 is 0 Å². The van der Waals surface area contributed by atoms with E-state index in [1.54, 1.807) is 0 Å². The molecular weight excluding hydrogens is 254 g/mol. The number of esters is 1. The largest absolute Gasteiger partial charge is 0.466 e. The van der Waals surface area contributed by atoms with E-state index >= 15 is 0 Å². The summed E-state index contributed by atoms with van der Waals surface area (Å²) < 4.78 is 6.78. The summed E-state index contributed by atoms with van der Waals surface area (Å²) in [5.74, 6) is -0.127. The summed E-state index contributed by atoms with van der Waals surface area (Å²) in [6, 6.07) is 8.18. The number of hydrogen-bond acceptors (Lipinski definition) is 4. The van der Waals surface area contributed by atoms with Crippen molar-refractivity contribution in [3.8, 4) is 0 Å². The maximum absolute atomic E-state index is 11.2. The van der Waals surface area contributed by atoms with Crippen molar-refractivity contribution in [3.63, 3.8) is 0 Å². The van der Waals surface area contributed by atoms with E-state index in [1.807, 2.05) is 30.8 Å². The molecule has 5 nitrogen and oxygen atoms in total. The Kier molecular flexibility index (Phi) is 5.12. The summed E-state index contributed by atoms with van der Waals surface area (Å²) in [4.78, 5) is 11.2. The SMILES string of the molecule is CCOC(=O)CCCNCc1nn(C)c2ccccc12. The van der Waals surface area contributed by atoms with Gasteiger partial charge in [0.05, 0.1) is 17.8 Å². The highest BCUT2D eigenvalue weighted by atomic mass is 16.5. The number of carbonyl (C=O) groups is 1. The first-order chi connectivity index (χ1) is 9.72. The van der Waals surface area contributed by atoms with Gasteiger partial charge in [0.2, 0.25) is 0 Å². The first kappa shape index (κ1) is 14.5. The van der Waals surface area contributed by atoms with Crippen molar-refractivity contribution in [2.45, 2.75) is 26.3 Å². The van der Waals surface area contributed by atoms with Gasteiger partial charge >= 0.3 is 5.97 Å². The Balaban J connectivity index is 1.80. The van der Waals surface area contributed by atoms with E-state index in [4.69, 9.17) is 4.74 Å². The number of ether oxygens (including phenoxy) is 1. The molecule has 0 aliphatic heterocycles. The average Bonchev–Trinajstić information content (AvgIpc) is 2.76. The number of nitrogens with zero attached hydrogens (tertiary/aromatic N) is 2. The third-order valence-corrected chi connectivity index (χ3v) is 3.17. The van der Waals surface area contributed by atoms with Crippen molar-refractivity contribution in [2.24, 2.45) is 7.05 Å². The number of aromatic nitrogens is 2. The number of nitrogens with one attached hydrogen (secondary N) is 1. The van der Waals surface area contributed by atoms with Crippen molar-refractivity contribution >= 4 is 16.9 Å². The molecule has 0 aliphatic rings. The molecule has 0 amide bonds. The predicted molar refractivity (Wildman–Crippen MR) is 78.3 cm³/mol. The Morgan fingerprint density at radius 2 is 2.20 bits per heavy atom. The maximum atomic E-state index is 11.2. The number of aryl methyl sites for hydroxylation is 1. The molecule has 0 bridgehead atoms. The number of carbonyl (C=O) groups excluding carboxylic acids is 1. The lowest BCUT2D eigenvalue weighted by molar-refractivity contribution is -0.143. The maximum Gasteiger partial charge on any atom is 0.305 e. The summed E-state index contributed by atoms with van der Waals surface area (Å²) in [5.41, 5.74) is 2.18. The van der Waals surface area contributed by atoms with Gasteiger partial charge in [0.15, 0.2) is 0 Å². The Hall–Kier alpha value is -1.88. The fraction of sp³-hybridized carbons (Fsp3) is 0.467. The van der Waals surface area contributed by atoms with Crippen molar-refractivity contribution in [2.75, 3.05) is 13.2 Å². The normalized spacial score (nSPS) is 10.9. The molecule has 1 N–H and O–H groups in total. The lowest BCUT2D eigenvalue weighted by Crippen LogP contribution is -2.17. The van der Waals surface area contributed by atoms with Crippen LogP contribution in [0, 0.1) is 0 Å². The fourth-order valence-corrected chi connectivity index (χ4v) is 2.22. The standard InChI is InChI=1S/C15H21N3O2/c1-3-20-15(19)9-6-10-16-11-13-12-7-4-5-8-14(12)18(2)17-13/h4-5,7-8,16H,3,6,9-11H2,1-2H3. The number of hydrogen-bond donors (Lipinski definition) is 1. The van der Waals surface area contributed by atoms with Gasteiger partial charge in [-0.2, -0.15) is 5.10 Å². The molecule has 0 saturated carbocycles. The van der Waals surface area contributed by atoms with Gasteiger partial charge in [-0.1, -0.05) is 18.2 Å². The van der Waals surface area contributed by atoms with Gasteiger partial charge in [-0.15, -0.1) is 0 Å². The van der Waals surface area contributed by atoms with E-state index in [0.717, 1.165) is 24.2 Å². The molecule has 0 aliphatic carbocycles. The van der Waals surface area contributed by atoms with Gasteiger partial charge < -0.3 is 10.1 Å². The number of rotatable bonds is 7. The number of benzene rings is 1. The van der Waals surface area contributed by atoms with Crippen LogP contribution in [0.2, 0.25) is 0 Å². The summed E-state index contributed by atoms with van der Waals surface area (Å²) >= 11 is 0. The summed E-state index contributed by atoms with van der Waals surface area (Å²) in [6.07, 6.45) is 1.24. The molecule has 1 aromatic carbocycles. The summed E-state index contributed by atoms with van der Waals surface area (Å²) in [6.45, 7) is 3.77. The van der Waals surface area contributed by atoms with Crippen LogP contribution in [0.15, 0.2) is 24.3 Å². The van der Waals surface area contributed by atoms with Crippen LogP contribution in [-0.2, 0) is 23.1 Å². The minimum absolute atomic E-state index is 0.127. The highest BCUT2D eigenvalue weighted by Gasteiger charge is 2.07. The Labute approximate surface area is 118 Å². The zero-order valence-electron chi connectivity index (χ0n) is 12.1. The summed E-state index contributed by atoms with van der Waals surface area (Å²) in [7, 11) is 1.95. The van der Waals surface area contributed by atoms with E-state index in [0.29, 0.717) is 19.6 Å². The third-order valence-electron chi connectivity index (χ3n) is 3.17. The molecule has 0 spiro atoms. The highest BCUT2D eigenvalue weighted by Crippen LogP contribution is 2.16. The second kappa shape index (κ2) is 7.05. The van der Waals surface area contributed by atoms with Crippen LogP contribution in [-0.4, -0.2) is 28.9 Å². The van der Waals surface area contributed by atoms with Crippen LogP contribution < -0.4 is 5.32 Å². The first-order valence-corrected chi connectivity index (χ1v) is 6.99. The van der Waals surface area contributed by atoms with Gasteiger partial charge in [-0.3, -0.25) is 9.48 Å². The lowest BCUT2D eigenvalue weighted by atomic mass is 10.2. The molecule has 0 saturated heterocycles. The minimum Gasteiger partial charge on any atom is -0.466 e. The molecule has 20 heavy (non-hydrogen) atoms. The average molecular weight is 275 g/mol. The molecule has 2 aromatic rings. The second-order valence-corrected chi connectivity index (χ2v) is 4.67. The lowest BCUT2D eigenvalue weighted by Gasteiger charge is -2.03. The summed E-state index contributed by atoms with van der Waals surface area (Å²) in [5, 5.41) is 9.01. The molecule has 0 unspecified atom stereocenters. The molecule has 1 heterocycles. The third kappa shape index (κ3) is 3.57. The van der Waals surface area contributed by atoms with Gasteiger partial charge in [-0.05, 0) is 26.0 Å². The Morgan fingerprint density at radius 1 is 1.40 bits per heavy atom. The zero-order chi connectivity index (χ0) is 14.4. The Morgan fingerprint density at radius 3 is 3.00 bits per heavy atom. The van der Waals surface area contributed by atoms with Crippen LogP contribution in [0.5, 0.6) is 0 Å². The fourth-order valence-electron chi connectivity index (χ4n) is 2.22. The zero-order valence-corrected chi connectivity index (χ0v) is 12.1.